The van der Waals surface area contributed by atoms with Crippen LogP contribution in [-0.2, 0) is 16.1 Å². The fourth-order valence-electron chi connectivity index (χ4n) is 2.29. The first-order chi connectivity index (χ1) is 10.1. The molecule has 1 amide bonds. The third-order valence-electron chi connectivity index (χ3n) is 3.15. The molecule has 0 spiro atoms. The van der Waals surface area contributed by atoms with E-state index in [1.807, 2.05) is 0 Å². The van der Waals surface area contributed by atoms with Gasteiger partial charge in [0.05, 0.1) is 11.5 Å². The maximum atomic E-state index is 12.2. The summed E-state index contributed by atoms with van der Waals surface area (Å²) in [6.45, 7) is 5.07. The van der Waals surface area contributed by atoms with Crippen LogP contribution in [0.15, 0.2) is 18.2 Å². The van der Waals surface area contributed by atoms with Gasteiger partial charge in [0.15, 0.2) is 6.04 Å². The Kier molecular flexibility index (Phi) is 3.78. The Bertz CT molecular complexity index is 649. The summed E-state index contributed by atoms with van der Waals surface area (Å²) in [6, 6.07) is 2.66. The molecule has 1 N–H and O–H groups in total. The zero-order valence-electron chi connectivity index (χ0n) is 12.4. The summed E-state index contributed by atoms with van der Waals surface area (Å²) in [5, 5.41) is 20.2. The number of aliphatic carboxylic acids is 1. The lowest BCUT2D eigenvalue weighted by Gasteiger charge is -2.26. The Morgan fingerprint density at radius 2 is 2.05 bits per heavy atom. The quantitative estimate of drug-likeness (QED) is 0.663. The van der Waals surface area contributed by atoms with Gasteiger partial charge in [-0.1, -0.05) is 6.07 Å². The highest BCUT2D eigenvalue weighted by Gasteiger charge is 2.41. The van der Waals surface area contributed by atoms with E-state index < -0.39 is 28.6 Å². The second-order valence-electron chi connectivity index (χ2n) is 5.99. The highest BCUT2D eigenvalue weighted by Crippen LogP contribution is 2.37. The van der Waals surface area contributed by atoms with Crippen LogP contribution in [0.2, 0.25) is 0 Å². The molecule has 1 aliphatic heterocycles. The average molecular weight is 308 g/mol. The number of amides is 1. The smallest absolute Gasteiger partial charge is 0.411 e. The molecule has 0 saturated heterocycles. The number of non-ortho nitro benzene ring substituents is 1. The number of hydrogen-bond donors (Lipinski definition) is 1. The average Bonchev–Trinajstić information content (AvgIpc) is 2.74. The Labute approximate surface area is 126 Å². The van der Waals surface area contributed by atoms with Crippen LogP contribution in [0.25, 0.3) is 0 Å². The molecule has 1 aromatic carbocycles. The van der Waals surface area contributed by atoms with E-state index in [9.17, 15) is 24.8 Å². The number of fused-ring (bicyclic) bond motifs is 1. The molecule has 0 aromatic heterocycles. The molecule has 1 aliphatic rings. The van der Waals surface area contributed by atoms with E-state index in [1.54, 1.807) is 20.8 Å². The van der Waals surface area contributed by atoms with Crippen LogP contribution in [0.4, 0.5) is 10.5 Å². The summed E-state index contributed by atoms with van der Waals surface area (Å²) >= 11 is 0. The van der Waals surface area contributed by atoms with Crippen molar-refractivity contribution in [3.63, 3.8) is 0 Å². The normalized spacial score (nSPS) is 17.0. The van der Waals surface area contributed by atoms with E-state index in [-0.39, 0.29) is 17.8 Å². The number of carboxylic acid groups (broad SMARTS) is 1. The summed E-state index contributed by atoms with van der Waals surface area (Å²) in [5.41, 5.74) is -0.173. The highest BCUT2D eigenvalue weighted by atomic mass is 16.6. The lowest BCUT2D eigenvalue weighted by Crippen LogP contribution is -2.38. The molecule has 8 heteroatoms. The third-order valence-corrected chi connectivity index (χ3v) is 3.15. The lowest BCUT2D eigenvalue weighted by atomic mass is 10.0. The number of benzene rings is 1. The van der Waals surface area contributed by atoms with Crippen molar-refractivity contribution in [1.82, 2.24) is 4.90 Å². The van der Waals surface area contributed by atoms with Crippen molar-refractivity contribution >= 4 is 17.7 Å². The van der Waals surface area contributed by atoms with Crippen LogP contribution in [-0.4, -0.2) is 32.6 Å². The molecule has 0 fully saturated rings. The molecule has 22 heavy (non-hydrogen) atoms. The van der Waals surface area contributed by atoms with Crippen molar-refractivity contribution in [1.29, 1.82) is 0 Å². The lowest BCUT2D eigenvalue weighted by molar-refractivity contribution is -0.384. The summed E-state index contributed by atoms with van der Waals surface area (Å²) in [4.78, 5) is 35.0. The predicted octanol–water partition coefficient (Wildman–Crippen LogP) is 2.47. The van der Waals surface area contributed by atoms with E-state index >= 15 is 0 Å². The van der Waals surface area contributed by atoms with Crippen molar-refractivity contribution in [3.05, 3.63) is 39.4 Å². The number of carbonyl (C=O) groups is 2. The summed E-state index contributed by atoms with van der Waals surface area (Å²) in [7, 11) is 0. The minimum absolute atomic E-state index is 0.0409. The van der Waals surface area contributed by atoms with Crippen molar-refractivity contribution in [2.45, 2.75) is 39.0 Å². The van der Waals surface area contributed by atoms with Crippen LogP contribution in [0.1, 0.15) is 37.9 Å². The zero-order valence-corrected chi connectivity index (χ0v) is 12.4. The van der Waals surface area contributed by atoms with E-state index in [0.29, 0.717) is 5.56 Å². The van der Waals surface area contributed by atoms with Crippen molar-refractivity contribution < 1.29 is 24.4 Å². The zero-order chi connectivity index (χ0) is 16.7. The van der Waals surface area contributed by atoms with Gasteiger partial charge in [-0.2, -0.15) is 0 Å². The molecule has 0 unspecified atom stereocenters. The molecule has 8 nitrogen and oxygen atoms in total. The van der Waals surface area contributed by atoms with Gasteiger partial charge in [-0.05, 0) is 31.9 Å². The number of nitro benzene ring substituents is 1. The first-order valence-corrected chi connectivity index (χ1v) is 6.60. The molecule has 0 aliphatic carbocycles. The minimum Gasteiger partial charge on any atom is -0.479 e. The Hall–Kier alpha value is -2.64. The van der Waals surface area contributed by atoms with Gasteiger partial charge in [0.25, 0.3) is 5.69 Å². The molecule has 2 rings (SSSR count). The van der Waals surface area contributed by atoms with Crippen LogP contribution in [0.3, 0.4) is 0 Å². The van der Waals surface area contributed by atoms with Gasteiger partial charge in [-0.25, -0.2) is 9.59 Å². The molecule has 1 aromatic rings. The van der Waals surface area contributed by atoms with Crippen LogP contribution in [0, 0.1) is 10.1 Å². The number of carbonyl (C=O) groups excluding carboxylic acids is 1. The molecule has 1 atom stereocenters. The van der Waals surface area contributed by atoms with Gasteiger partial charge in [0.1, 0.15) is 5.60 Å². The summed E-state index contributed by atoms with van der Waals surface area (Å²) in [6.07, 6.45) is -0.765. The van der Waals surface area contributed by atoms with Crippen LogP contribution >= 0.6 is 0 Å². The molecule has 0 radical (unpaired) electrons. The second kappa shape index (κ2) is 5.28. The highest BCUT2D eigenvalue weighted by molar-refractivity contribution is 5.84. The number of rotatable bonds is 2. The number of nitrogens with zero attached hydrogens (tertiary/aromatic N) is 2. The fourth-order valence-corrected chi connectivity index (χ4v) is 2.29. The Morgan fingerprint density at radius 3 is 2.55 bits per heavy atom. The minimum atomic E-state index is -1.29. The number of nitro groups is 1. The number of ether oxygens (including phenoxy) is 1. The molecule has 118 valence electrons. The summed E-state index contributed by atoms with van der Waals surface area (Å²) < 4.78 is 5.20. The largest absolute Gasteiger partial charge is 0.479 e. The monoisotopic (exact) mass is 308 g/mol. The fraction of sp³-hybridized carbons (Fsp3) is 0.429. The Morgan fingerprint density at radius 1 is 1.41 bits per heavy atom. The van der Waals surface area contributed by atoms with Gasteiger partial charge in [-0.3, -0.25) is 15.0 Å². The second-order valence-corrected chi connectivity index (χ2v) is 5.99. The molecular weight excluding hydrogens is 292 g/mol. The predicted molar refractivity (Wildman–Crippen MR) is 75.3 cm³/mol. The maximum absolute atomic E-state index is 12.2. The molecular formula is C14H16N2O6. The van der Waals surface area contributed by atoms with E-state index in [0.717, 1.165) is 4.90 Å². The van der Waals surface area contributed by atoms with Gasteiger partial charge in [0, 0.05) is 12.1 Å². The van der Waals surface area contributed by atoms with Crippen LogP contribution in [0.5, 0.6) is 0 Å². The van der Waals surface area contributed by atoms with Crippen molar-refractivity contribution in [2.75, 3.05) is 0 Å². The van der Waals surface area contributed by atoms with Crippen molar-refractivity contribution in [2.24, 2.45) is 0 Å². The van der Waals surface area contributed by atoms with E-state index in [1.165, 1.54) is 18.2 Å². The summed E-state index contributed by atoms with van der Waals surface area (Å²) in [5.74, 6) is -1.26. The van der Waals surface area contributed by atoms with Crippen LogP contribution < -0.4 is 0 Å². The molecule has 0 saturated carbocycles. The number of hydrogen-bond acceptors (Lipinski definition) is 5. The standard InChI is InChI=1S/C14H16N2O6/c1-14(2,3)22-13(19)15-7-8-4-5-9(16(20)21)6-10(8)11(15)12(17)18/h4-6,11H,7H2,1-3H3,(H,17,18)/t11-/m0/s1. The first-order valence-electron chi connectivity index (χ1n) is 6.60. The molecule has 0 bridgehead atoms. The molecule has 1 heterocycles. The Balaban J connectivity index is 2.38. The number of carboxylic acids is 1. The van der Waals surface area contributed by atoms with E-state index in [4.69, 9.17) is 4.74 Å². The van der Waals surface area contributed by atoms with Crippen molar-refractivity contribution in [3.8, 4) is 0 Å². The maximum Gasteiger partial charge on any atom is 0.411 e. The first kappa shape index (κ1) is 15.7. The third kappa shape index (κ3) is 3.00. The van der Waals surface area contributed by atoms with E-state index in [2.05, 4.69) is 0 Å². The topological polar surface area (TPSA) is 110 Å². The SMILES string of the molecule is CC(C)(C)OC(=O)N1Cc2ccc([N+](=O)[O-])cc2[C@H]1C(=O)O. The van der Waals surface area contributed by atoms with Gasteiger partial charge < -0.3 is 9.84 Å². The van der Waals surface area contributed by atoms with Gasteiger partial charge in [0.2, 0.25) is 0 Å². The van der Waals surface area contributed by atoms with Gasteiger partial charge in [-0.15, -0.1) is 0 Å². The van der Waals surface area contributed by atoms with Gasteiger partial charge >= 0.3 is 12.1 Å².